The van der Waals surface area contributed by atoms with Gasteiger partial charge in [0, 0.05) is 22.0 Å². The van der Waals surface area contributed by atoms with Crippen molar-refractivity contribution in [2.75, 3.05) is 10.6 Å². The topological polar surface area (TPSA) is 67.4 Å². The van der Waals surface area contributed by atoms with Gasteiger partial charge in [0.2, 0.25) is 0 Å². The van der Waals surface area contributed by atoms with Crippen LogP contribution in [0.2, 0.25) is 5.02 Å². The van der Waals surface area contributed by atoms with Gasteiger partial charge in [0.15, 0.2) is 6.10 Å². The third-order valence-electron chi connectivity index (χ3n) is 4.55. The van der Waals surface area contributed by atoms with Gasteiger partial charge >= 0.3 is 0 Å². The second-order valence-corrected chi connectivity index (χ2v) is 7.49. The monoisotopic (exact) mass is 422 g/mol. The zero-order valence-electron chi connectivity index (χ0n) is 17.0. The summed E-state index contributed by atoms with van der Waals surface area (Å²) in [6, 6.07) is 19.4. The van der Waals surface area contributed by atoms with Gasteiger partial charge in [0.25, 0.3) is 11.8 Å². The summed E-state index contributed by atoms with van der Waals surface area (Å²) in [5.74, 6) is 0.0134. The van der Waals surface area contributed by atoms with Crippen LogP contribution in [0.5, 0.6) is 5.75 Å². The first-order valence-corrected chi connectivity index (χ1v) is 9.91. The van der Waals surface area contributed by atoms with Crippen molar-refractivity contribution in [3.05, 3.63) is 88.4 Å². The molecule has 0 aliphatic heterocycles. The molecule has 0 aliphatic carbocycles. The van der Waals surface area contributed by atoms with Crippen LogP contribution in [0.3, 0.4) is 0 Å². The van der Waals surface area contributed by atoms with Crippen molar-refractivity contribution < 1.29 is 14.3 Å². The van der Waals surface area contributed by atoms with Crippen LogP contribution in [0.1, 0.15) is 28.4 Å². The molecule has 0 saturated heterocycles. The Morgan fingerprint density at radius 1 is 0.900 bits per heavy atom. The van der Waals surface area contributed by atoms with E-state index in [4.69, 9.17) is 16.3 Å². The van der Waals surface area contributed by atoms with Crippen LogP contribution in [0.15, 0.2) is 66.7 Å². The highest BCUT2D eigenvalue weighted by Crippen LogP contribution is 2.19. The first-order valence-electron chi connectivity index (χ1n) is 9.53. The lowest BCUT2D eigenvalue weighted by molar-refractivity contribution is -0.122. The van der Waals surface area contributed by atoms with Crippen molar-refractivity contribution in [3.8, 4) is 5.75 Å². The van der Waals surface area contributed by atoms with Gasteiger partial charge in [-0.25, -0.2) is 0 Å². The van der Waals surface area contributed by atoms with Crippen LogP contribution in [-0.4, -0.2) is 17.9 Å². The largest absolute Gasteiger partial charge is 0.481 e. The molecule has 3 aromatic rings. The van der Waals surface area contributed by atoms with Crippen molar-refractivity contribution in [2.24, 2.45) is 0 Å². The third-order valence-corrected chi connectivity index (χ3v) is 4.80. The molecule has 0 bridgehead atoms. The number of amides is 2. The Balaban J connectivity index is 1.59. The average Bonchev–Trinajstić information content (AvgIpc) is 2.72. The molecule has 5 nitrogen and oxygen atoms in total. The number of rotatable bonds is 6. The summed E-state index contributed by atoms with van der Waals surface area (Å²) in [6.45, 7) is 5.59. The first-order chi connectivity index (χ1) is 14.3. The lowest BCUT2D eigenvalue weighted by Gasteiger charge is -2.16. The molecule has 3 rings (SSSR count). The highest BCUT2D eigenvalue weighted by Gasteiger charge is 2.16. The van der Waals surface area contributed by atoms with E-state index in [1.54, 1.807) is 55.5 Å². The fraction of sp³-hybridized carbons (Fsp3) is 0.167. The van der Waals surface area contributed by atoms with Crippen molar-refractivity contribution in [1.82, 2.24) is 0 Å². The Morgan fingerprint density at radius 2 is 1.57 bits per heavy atom. The fourth-order valence-electron chi connectivity index (χ4n) is 2.78. The maximum absolute atomic E-state index is 12.5. The van der Waals surface area contributed by atoms with Gasteiger partial charge in [-0.2, -0.15) is 0 Å². The number of ether oxygens (including phenoxy) is 1. The number of hydrogen-bond acceptors (Lipinski definition) is 3. The van der Waals surface area contributed by atoms with Gasteiger partial charge in [0.05, 0.1) is 0 Å². The average molecular weight is 423 g/mol. The fourth-order valence-corrected chi connectivity index (χ4v) is 2.91. The molecule has 0 heterocycles. The Bertz CT molecular complexity index is 1050. The van der Waals surface area contributed by atoms with Crippen molar-refractivity contribution in [3.63, 3.8) is 0 Å². The summed E-state index contributed by atoms with van der Waals surface area (Å²) in [5.41, 5.74) is 3.95. The van der Waals surface area contributed by atoms with E-state index in [1.807, 2.05) is 32.0 Å². The van der Waals surface area contributed by atoms with Crippen LogP contribution in [-0.2, 0) is 4.79 Å². The van der Waals surface area contributed by atoms with E-state index < -0.39 is 6.10 Å². The van der Waals surface area contributed by atoms with E-state index in [0.717, 1.165) is 16.8 Å². The van der Waals surface area contributed by atoms with E-state index >= 15 is 0 Å². The molecule has 0 saturated carbocycles. The molecule has 0 spiro atoms. The molecule has 0 aliphatic rings. The number of benzene rings is 3. The molecule has 30 heavy (non-hydrogen) atoms. The molecular weight excluding hydrogens is 400 g/mol. The summed E-state index contributed by atoms with van der Waals surface area (Å²) >= 11 is 5.85. The Hall–Kier alpha value is -3.31. The second kappa shape index (κ2) is 9.46. The van der Waals surface area contributed by atoms with Crippen LogP contribution in [0.4, 0.5) is 11.4 Å². The van der Waals surface area contributed by atoms with Crippen molar-refractivity contribution >= 4 is 34.8 Å². The van der Waals surface area contributed by atoms with E-state index in [9.17, 15) is 9.59 Å². The molecular formula is C24H23ClN2O3. The molecule has 2 amide bonds. The predicted octanol–water partition coefficient (Wildman–Crippen LogP) is 5.62. The molecule has 0 fully saturated rings. The SMILES string of the molecule is Cc1ccc(C)c(NC(=O)[C@H](C)Oc2ccc(C(=O)Nc3ccc(Cl)cc3)cc2)c1. The third kappa shape index (κ3) is 5.61. The molecule has 0 unspecified atom stereocenters. The lowest BCUT2D eigenvalue weighted by atomic mass is 10.1. The van der Waals surface area contributed by atoms with Crippen LogP contribution >= 0.6 is 11.6 Å². The first kappa shape index (κ1) is 21.4. The zero-order valence-corrected chi connectivity index (χ0v) is 17.8. The summed E-state index contributed by atoms with van der Waals surface area (Å²) in [5, 5.41) is 6.29. The van der Waals surface area contributed by atoms with E-state index in [2.05, 4.69) is 10.6 Å². The van der Waals surface area contributed by atoms with Crippen LogP contribution in [0.25, 0.3) is 0 Å². The summed E-state index contributed by atoms with van der Waals surface area (Å²) in [4.78, 5) is 24.8. The van der Waals surface area contributed by atoms with Crippen molar-refractivity contribution in [2.45, 2.75) is 26.9 Å². The Morgan fingerprint density at radius 3 is 2.23 bits per heavy atom. The minimum absolute atomic E-state index is 0.242. The summed E-state index contributed by atoms with van der Waals surface area (Å²) in [7, 11) is 0. The van der Waals surface area contributed by atoms with Gasteiger partial charge in [-0.3, -0.25) is 9.59 Å². The molecule has 0 radical (unpaired) electrons. The van der Waals surface area contributed by atoms with Gasteiger partial charge in [0.1, 0.15) is 5.75 Å². The van der Waals surface area contributed by atoms with E-state index in [0.29, 0.717) is 22.0 Å². The number of aryl methyl sites for hydroxylation is 2. The highest BCUT2D eigenvalue weighted by atomic mass is 35.5. The number of halogens is 1. The summed E-state index contributed by atoms with van der Waals surface area (Å²) in [6.07, 6.45) is -0.696. The van der Waals surface area contributed by atoms with Gasteiger partial charge in [-0.15, -0.1) is 0 Å². The van der Waals surface area contributed by atoms with Gasteiger partial charge in [-0.1, -0.05) is 23.7 Å². The van der Waals surface area contributed by atoms with Gasteiger partial charge in [-0.05, 0) is 86.5 Å². The van der Waals surface area contributed by atoms with E-state index in [-0.39, 0.29) is 11.8 Å². The number of carbonyl (C=O) groups excluding carboxylic acids is 2. The quantitative estimate of drug-likeness (QED) is 0.542. The lowest BCUT2D eigenvalue weighted by Crippen LogP contribution is -2.30. The Labute approximate surface area is 181 Å². The van der Waals surface area contributed by atoms with Crippen LogP contribution < -0.4 is 15.4 Å². The minimum atomic E-state index is -0.696. The number of hydrogen-bond donors (Lipinski definition) is 2. The normalized spacial score (nSPS) is 11.5. The summed E-state index contributed by atoms with van der Waals surface area (Å²) < 4.78 is 5.73. The van der Waals surface area contributed by atoms with Crippen LogP contribution in [0, 0.1) is 13.8 Å². The molecule has 0 aromatic heterocycles. The number of anilines is 2. The van der Waals surface area contributed by atoms with Crippen molar-refractivity contribution in [1.29, 1.82) is 0 Å². The smallest absolute Gasteiger partial charge is 0.265 e. The molecule has 3 aromatic carbocycles. The number of carbonyl (C=O) groups is 2. The maximum Gasteiger partial charge on any atom is 0.265 e. The standard InChI is InChI=1S/C24H23ClN2O3/c1-15-4-5-16(2)22(14-15)27-23(28)17(3)30-21-12-6-18(7-13-21)24(29)26-20-10-8-19(25)9-11-20/h4-14,17H,1-3H3,(H,26,29)(H,27,28)/t17-/m0/s1. The maximum atomic E-state index is 12.5. The van der Waals surface area contributed by atoms with Gasteiger partial charge < -0.3 is 15.4 Å². The predicted molar refractivity (Wildman–Crippen MR) is 120 cm³/mol. The molecule has 1 atom stereocenters. The minimum Gasteiger partial charge on any atom is -0.481 e. The zero-order chi connectivity index (χ0) is 21.7. The second-order valence-electron chi connectivity index (χ2n) is 7.05. The Kier molecular flexibility index (Phi) is 6.75. The highest BCUT2D eigenvalue weighted by molar-refractivity contribution is 6.30. The molecule has 154 valence electrons. The molecule has 6 heteroatoms. The molecule has 2 N–H and O–H groups in total. The number of nitrogens with one attached hydrogen (secondary N) is 2. The van der Waals surface area contributed by atoms with E-state index in [1.165, 1.54) is 0 Å².